The predicted octanol–water partition coefficient (Wildman–Crippen LogP) is 7.80. The Morgan fingerprint density at radius 1 is 1.13 bits per heavy atom. The molecular weight excluding hydrogens is 419 g/mol. The van der Waals surface area contributed by atoms with Gasteiger partial charge in [-0.25, -0.2) is 0 Å². The van der Waals surface area contributed by atoms with E-state index in [4.69, 9.17) is 0 Å². The van der Waals surface area contributed by atoms with Crippen LogP contribution >= 0.6 is 11.3 Å². The minimum atomic E-state index is -4.71. The highest BCUT2D eigenvalue weighted by atomic mass is 32.1. The Hall–Kier alpha value is -1.53. The Morgan fingerprint density at radius 2 is 1.90 bits per heavy atom. The van der Waals surface area contributed by atoms with E-state index in [0.717, 1.165) is 43.8 Å². The molecule has 1 saturated heterocycles. The maximum absolute atomic E-state index is 13.0. The van der Waals surface area contributed by atoms with Crippen molar-refractivity contribution in [1.82, 2.24) is 4.90 Å². The van der Waals surface area contributed by atoms with Crippen LogP contribution in [0.4, 0.5) is 13.2 Å². The molecule has 0 radical (unpaired) electrons. The van der Waals surface area contributed by atoms with Crippen molar-refractivity contribution in [3.05, 3.63) is 52.0 Å². The zero-order valence-corrected chi connectivity index (χ0v) is 19.8. The van der Waals surface area contributed by atoms with Gasteiger partial charge >= 0.3 is 6.36 Å². The van der Waals surface area contributed by atoms with E-state index in [1.807, 2.05) is 18.2 Å². The van der Waals surface area contributed by atoms with Crippen molar-refractivity contribution in [3.63, 3.8) is 0 Å². The van der Waals surface area contributed by atoms with Gasteiger partial charge in [0.15, 0.2) is 0 Å². The monoisotopic (exact) mass is 453 g/mol. The van der Waals surface area contributed by atoms with Crippen molar-refractivity contribution in [2.75, 3.05) is 13.1 Å². The molecule has 2 nitrogen and oxygen atoms in total. The molecule has 1 aliphatic carbocycles. The molecule has 1 aliphatic heterocycles. The second kappa shape index (κ2) is 9.95. The number of allylic oxidation sites excluding steroid dienone is 5. The van der Waals surface area contributed by atoms with E-state index in [0.29, 0.717) is 17.4 Å². The Balaban J connectivity index is 1.79. The van der Waals surface area contributed by atoms with Gasteiger partial charge in [0, 0.05) is 35.0 Å². The van der Waals surface area contributed by atoms with Crippen LogP contribution in [0.1, 0.15) is 63.1 Å². The van der Waals surface area contributed by atoms with Gasteiger partial charge in [-0.05, 0) is 61.1 Å². The molecule has 0 amide bonds. The number of hydrogen-bond donors (Lipinski definition) is 0. The van der Waals surface area contributed by atoms with E-state index in [1.54, 1.807) is 17.4 Å². The summed E-state index contributed by atoms with van der Waals surface area (Å²) in [7, 11) is 0. The normalized spacial score (nSPS) is 28.5. The number of likely N-dealkylation sites (tertiary alicyclic amines) is 1. The molecule has 0 spiro atoms. The van der Waals surface area contributed by atoms with Crippen LogP contribution < -0.4 is 0 Å². The zero-order chi connectivity index (χ0) is 22.6. The number of thiophene rings is 1. The van der Waals surface area contributed by atoms with E-state index in [9.17, 15) is 13.2 Å². The second-order valence-electron chi connectivity index (χ2n) is 9.92. The first-order chi connectivity index (χ1) is 14.5. The van der Waals surface area contributed by atoms with Gasteiger partial charge in [-0.15, -0.1) is 24.5 Å². The summed E-state index contributed by atoms with van der Waals surface area (Å²) >= 11 is 1.57. The first kappa shape index (κ1) is 24.1. The Labute approximate surface area is 188 Å². The van der Waals surface area contributed by atoms with Crippen molar-refractivity contribution in [2.45, 2.75) is 66.3 Å². The summed E-state index contributed by atoms with van der Waals surface area (Å²) < 4.78 is 43.5. The maximum atomic E-state index is 13.0. The van der Waals surface area contributed by atoms with Gasteiger partial charge in [-0.3, -0.25) is 4.90 Å². The third-order valence-corrected chi connectivity index (χ3v) is 7.17. The third-order valence-electron chi connectivity index (χ3n) is 6.06. The van der Waals surface area contributed by atoms with Crippen LogP contribution in [-0.4, -0.2) is 24.4 Å². The van der Waals surface area contributed by atoms with Crippen molar-refractivity contribution in [2.24, 2.45) is 17.3 Å². The molecule has 2 aliphatic rings. The van der Waals surface area contributed by atoms with E-state index in [2.05, 4.69) is 43.4 Å². The minimum absolute atomic E-state index is 0.126. The van der Waals surface area contributed by atoms with Crippen molar-refractivity contribution in [1.29, 1.82) is 0 Å². The Kier molecular flexibility index (Phi) is 7.74. The zero-order valence-electron chi connectivity index (χ0n) is 19.0. The first-order valence-electron chi connectivity index (χ1n) is 11.2. The fraction of sp³-hybridized carbons (Fsp3) is 0.600. The van der Waals surface area contributed by atoms with Crippen molar-refractivity contribution < 1.29 is 17.9 Å². The molecule has 0 N–H and O–H groups in total. The molecule has 0 bridgehead atoms. The number of hydrogen-bond acceptors (Lipinski definition) is 3. The lowest BCUT2D eigenvalue weighted by Gasteiger charge is -2.42. The van der Waals surface area contributed by atoms with E-state index < -0.39 is 6.36 Å². The lowest BCUT2D eigenvalue weighted by atomic mass is 9.74. The molecule has 1 fully saturated rings. The minimum Gasteiger partial charge on any atom is -0.405 e. The highest BCUT2D eigenvalue weighted by Gasteiger charge is 2.34. The van der Waals surface area contributed by atoms with E-state index >= 15 is 0 Å². The van der Waals surface area contributed by atoms with Crippen molar-refractivity contribution >= 4 is 16.9 Å². The number of ether oxygens (including phenoxy) is 1. The highest BCUT2D eigenvalue weighted by molar-refractivity contribution is 7.13. The third kappa shape index (κ3) is 7.25. The topological polar surface area (TPSA) is 12.5 Å². The van der Waals surface area contributed by atoms with Crippen LogP contribution in [0, 0.1) is 17.3 Å². The Morgan fingerprint density at radius 3 is 2.61 bits per heavy atom. The van der Waals surface area contributed by atoms with Crippen LogP contribution in [0.15, 0.2) is 42.2 Å². The first-order valence-corrected chi connectivity index (χ1v) is 12.0. The summed E-state index contributed by atoms with van der Waals surface area (Å²) in [5.41, 5.74) is 0.817. The standard InChI is InChI=1S/C25H34F3NOS/c1-18-14-19(24(2,3)4)16-29(15-18)17-20-12-13-23(31-20)21-10-8-6-5-7-9-11-22(21)30-25(26,27)28/h7,9-13,18-19H,5-6,8,14-17H2,1-4H3/b9-7+,21-10+,22-11+/t18-,19-/m1/s1. The second-order valence-corrected chi connectivity index (χ2v) is 11.1. The fourth-order valence-electron chi connectivity index (χ4n) is 4.41. The molecule has 3 rings (SSSR count). The number of rotatable bonds is 4. The molecule has 1 aromatic heterocycles. The molecular formula is C25H34F3NOS. The molecule has 0 saturated carbocycles. The Bertz CT molecular complexity index is 829. The van der Waals surface area contributed by atoms with Gasteiger partial charge in [0.2, 0.25) is 0 Å². The van der Waals surface area contributed by atoms with Crippen LogP contribution in [-0.2, 0) is 11.3 Å². The smallest absolute Gasteiger partial charge is 0.405 e. The summed E-state index contributed by atoms with van der Waals surface area (Å²) in [6, 6.07) is 4.00. The summed E-state index contributed by atoms with van der Waals surface area (Å²) in [5, 5.41) is 0. The van der Waals surface area contributed by atoms with Gasteiger partial charge in [-0.1, -0.05) is 45.9 Å². The van der Waals surface area contributed by atoms with E-state index in [1.165, 1.54) is 17.4 Å². The number of piperidine rings is 1. The molecule has 2 atom stereocenters. The summed E-state index contributed by atoms with van der Waals surface area (Å²) in [6.07, 6.45) is 5.89. The lowest BCUT2D eigenvalue weighted by Crippen LogP contribution is -2.43. The van der Waals surface area contributed by atoms with Crippen LogP contribution in [0.5, 0.6) is 0 Å². The molecule has 31 heavy (non-hydrogen) atoms. The SMILES string of the molecule is C[C@@H]1C[C@@H](C(C)(C)C)CN(Cc2ccc(C3=C/CCC/C=C/C=C\3OC(F)(F)F)s2)C1. The molecule has 6 heteroatoms. The molecule has 1 aromatic rings. The predicted molar refractivity (Wildman–Crippen MR) is 123 cm³/mol. The molecule has 0 unspecified atom stereocenters. The van der Waals surface area contributed by atoms with Crippen LogP contribution in [0.2, 0.25) is 0 Å². The molecule has 0 aromatic carbocycles. The number of alkyl halides is 3. The number of nitrogens with zero attached hydrogens (tertiary/aromatic N) is 1. The van der Waals surface area contributed by atoms with E-state index in [-0.39, 0.29) is 11.2 Å². The highest BCUT2D eigenvalue weighted by Crippen LogP contribution is 2.38. The fourth-order valence-corrected chi connectivity index (χ4v) is 5.50. The average molecular weight is 454 g/mol. The summed E-state index contributed by atoms with van der Waals surface area (Å²) in [6.45, 7) is 12.2. The number of halogens is 3. The summed E-state index contributed by atoms with van der Waals surface area (Å²) in [5.74, 6) is 1.17. The van der Waals surface area contributed by atoms with Gasteiger partial charge in [0.05, 0.1) is 0 Å². The average Bonchev–Trinajstić information content (AvgIpc) is 3.11. The van der Waals surface area contributed by atoms with Crippen LogP contribution in [0.3, 0.4) is 0 Å². The lowest BCUT2D eigenvalue weighted by molar-refractivity contribution is -0.302. The summed E-state index contributed by atoms with van der Waals surface area (Å²) in [4.78, 5) is 4.51. The largest absolute Gasteiger partial charge is 0.573 e. The quantitative estimate of drug-likeness (QED) is 0.461. The van der Waals surface area contributed by atoms with Gasteiger partial charge in [0.25, 0.3) is 0 Å². The van der Waals surface area contributed by atoms with Crippen molar-refractivity contribution in [3.8, 4) is 0 Å². The van der Waals surface area contributed by atoms with Gasteiger partial charge < -0.3 is 4.74 Å². The maximum Gasteiger partial charge on any atom is 0.573 e. The molecule has 2 heterocycles. The molecule has 172 valence electrons. The van der Waals surface area contributed by atoms with Gasteiger partial charge in [0.1, 0.15) is 5.76 Å². The van der Waals surface area contributed by atoms with Gasteiger partial charge in [-0.2, -0.15) is 0 Å². The van der Waals surface area contributed by atoms with Crippen LogP contribution in [0.25, 0.3) is 5.57 Å².